The zero-order chi connectivity index (χ0) is 17.8. The number of aliphatic imine (C=N–C) groups is 1. The second kappa shape index (κ2) is 7.95. The minimum absolute atomic E-state index is 0.166. The Morgan fingerprint density at radius 3 is 2.88 bits per heavy atom. The highest BCUT2D eigenvalue weighted by atomic mass is 16.5. The van der Waals surface area contributed by atoms with Gasteiger partial charge in [0.2, 0.25) is 0 Å². The molecular formula is C19H30N4O2. The largest absolute Gasteiger partial charge is 0.504 e. The van der Waals surface area contributed by atoms with Crippen molar-refractivity contribution in [2.75, 3.05) is 20.2 Å². The highest BCUT2D eigenvalue weighted by Crippen LogP contribution is 2.33. The summed E-state index contributed by atoms with van der Waals surface area (Å²) in [6.07, 6.45) is 3.84. The first-order valence-electron chi connectivity index (χ1n) is 9.27. The molecule has 1 aliphatic heterocycles. The number of rotatable bonds is 6. The summed E-state index contributed by atoms with van der Waals surface area (Å²) in [4.78, 5) is 7.27. The van der Waals surface area contributed by atoms with E-state index in [1.165, 1.54) is 12.8 Å². The summed E-state index contributed by atoms with van der Waals surface area (Å²) in [6.45, 7) is 6.69. The van der Waals surface area contributed by atoms with Crippen molar-refractivity contribution in [2.45, 2.75) is 57.8 Å². The first kappa shape index (κ1) is 17.9. The molecule has 3 N–H and O–H groups in total. The van der Waals surface area contributed by atoms with E-state index in [4.69, 9.17) is 4.74 Å². The van der Waals surface area contributed by atoms with Gasteiger partial charge in [-0.05, 0) is 39.2 Å². The van der Waals surface area contributed by atoms with Crippen molar-refractivity contribution in [3.05, 3.63) is 23.8 Å². The second-order valence-electron chi connectivity index (χ2n) is 7.02. The van der Waals surface area contributed by atoms with E-state index in [0.717, 1.165) is 37.1 Å². The Balaban J connectivity index is 1.63. The number of aromatic hydroxyl groups is 1. The lowest BCUT2D eigenvalue weighted by Crippen LogP contribution is -2.44. The Labute approximate surface area is 150 Å². The average Bonchev–Trinajstić information content (AvgIpc) is 3.37. The SMILES string of the molecule is CCNC(=NCc1cccc(OC)c1O)NC1CC(C)N(C2CC2)C1. The lowest BCUT2D eigenvalue weighted by atomic mass is 10.2. The van der Waals surface area contributed by atoms with Crippen molar-refractivity contribution < 1.29 is 9.84 Å². The fraction of sp³-hybridized carbons (Fsp3) is 0.632. The van der Waals surface area contributed by atoms with Crippen LogP contribution < -0.4 is 15.4 Å². The fourth-order valence-electron chi connectivity index (χ4n) is 3.61. The standard InChI is InChI=1S/C19H30N4O2/c1-4-20-19(21-11-14-6-5-7-17(25-3)18(14)24)22-15-10-13(2)23(12-15)16-8-9-16/h5-7,13,15-16,24H,4,8-12H2,1-3H3,(H2,20,21,22). The van der Waals surface area contributed by atoms with Gasteiger partial charge in [0.25, 0.3) is 0 Å². The minimum atomic E-state index is 0.166. The molecule has 2 aliphatic rings. The minimum Gasteiger partial charge on any atom is -0.504 e. The number of methoxy groups -OCH3 is 1. The number of nitrogens with one attached hydrogen (secondary N) is 2. The predicted octanol–water partition coefficient (Wildman–Crippen LogP) is 2.08. The summed E-state index contributed by atoms with van der Waals surface area (Å²) >= 11 is 0. The number of hydrogen-bond donors (Lipinski definition) is 3. The smallest absolute Gasteiger partial charge is 0.191 e. The third-order valence-corrected chi connectivity index (χ3v) is 5.03. The molecule has 138 valence electrons. The van der Waals surface area contributed by atoms with Gasteiger partial charge in [0.1, 0.15) is 0 Å². The Hall–Kier alpha value is -1.95. The maximum absolute atomic E-state index is 10.2. The summed E-state index contributed by atoms with van der Waals surface area (Å²) in [7, 11) is 1.56. The second-order valence-corrected chi connectivity index (χ2v) is 7.02. The van der Waals surface area contributed by atoms with E-state index in [9.17, 15) is 5.11 Å². The van der Waals surface area contributed by atoms with E-state index < -0.39 is 0 Å². The number of ether oxygens (including phenoxy) is 1. The monoisotopic (exact) mass is 346 g/mol. The van der Waals surface area contributed by atoms with Crippen LogP contribution in [0, 0.1) is 0 Å². The topological polar surface area (TPSA) is 69.1 Å². The number of nitrogens with zero attached hydrogens (tertiary/aromatic N) is 2. The van der Waals surface area contributed by atoms with Gasteiger partial charge >= 0.3 is 0 Å². The molecule has 25 heavy (non-hydrogen) atoms. The molecule has 1 aromatic rings. The molecule has 0 radical (unpaired) electrons. The molecule has 1 saturated carbocycles. The normalized spacial score (nSPS) is 24.4. The molecule has 2 unspecified atom stereocenters. The maximum Gasteiger partial charge on any atom is 0.191 e. The van der Waals surface area contributed by atoms with Crippen LogP contribution in [0.15, 0.2) is 23.2 Å². The van der Waals surface area contributed by atoms with Crippen LogP contribution in [0.4, 0.5) is 0 Å². The quantitative estimate of drug-likeness (QED) is 0.543. The molecule has 1 aromatic carbocycles. The van der Waals surface area contributed by atoms with Gasteiger partial charge in [-0.2, -0.15) is 0 Å². The third-order valence-electron chi connectivity index (χ3n) is 5.03. The van der Waals surface area contributed by atoms with Crippen molar-refractivity contribution in [1.29, 1.82) is 0 Å². The Bertz CT molecular complexity index is 615. The summed E-state index contributed by atoms with van der Waals surface area (Å²) in [6, 6.07) is 7.35. The number of likely N-dealkylation sites (tertiary alicyclic amines) is 1. The molecule has 0 aromatic heterocycles. The number of phenols is 1. The van der Waals surface area contributed by atoms with Gasteiger partial charge < -0.3 is 20.5 Å². The van der Waals surface area contributed by atoms with Crippen LogP contribution >= 0.6 is 0 Å². The highest BCUT2D eigenvalue weighted by molar-refractivity contribution is 5.80. The Morgan fingerprint density at radius 2 is 2.20 bits per heavy atom. The van der Waals surface area contributed by atoms with Gasteiger partial charge in [0, 0.05) is 36.8 Å². The van der Waals surface area contributed by atoms with Gasteiger partial charge in [-0.25, -0.2) is 4.99 Å². The van der Waals surface area contributed by atoms with Crippen molar-refractivity contribution in [2.24, 2.45) is 4.99 Å². The van der Waals surface area contributed by atoms with Crippen LogP contribution in [0.2, 0.25) is 0 Å². The summed E-state index contributed by atoms with van der Waals surface area (Å²) < 4.78 is 5.16. The third kappa shape index (κ3) is 4.37. The lowest BCUT2D eigenvalue weighted by Gasteiger charge is -2.20. The molecular weight excluding hydrogens is 316 g/mol. The molecule has 2 atom stereocenters. The Morgan fingerprint density at radius 1 is 1.40 bits per heavy atom. The van der Waals surface area contributed by atoms with E-state index >= 15 is 0 Å². The predicted molar refractivity (Wildman–Crippen MR) is 100 cm³/mol. The van der Waals surface area contributed by atoms with Gasteiger partial charge in [0.15, 0.2) is 17.5 Å². The van der Waals surface area contributed by atoms with Gasteiger partial charge in [-0.15, -0.1) is 0 Å². The molecule has 0 spiro atoms. The molecule has 1 aliphatic carbocycles. The molecule has 3 rings (SSSR count). The average molecular weight is 346 g/mol. The van der Waals surface area contributed by atoms with Gasteiger partial charge in [-0.1, -0.05) is 12.1 Å². The van der Waals surface area contributed by atoms with E-state index in [1.54, 1.807) is 13.2 Å². The number of benzene rings is 1. The molecule has 1 saturated heterocycles. The van der Waals surface area contributed by atoms with Crippen molar-refractivity contribution >= 4 is 5.96 Å². The highest BCUT2D eigenvalue weighted by Gasteiger charge is 2.38. The number of phenolic OH excluding ortho intramolecular Hbond substituents is 1. The van der Waals surface area contributed by atoms with Gasteiger partial charge in [-0.3, -0.25) is 4.90 Å². The number of hydrogen-bond acceptors (Lipinski definition) is 4. The van der Waals surface area contributed by atoms with Crippen molar-refractivity contribution in [1.82, 2.24) is 15.5 Å². The lowest BCUT2D eigenvalue weighted by molar-refractivity contribution is 0.256. The van der Waals surface area contributed by atoms with Crippen LogP contribution in [-0.4, -0.2) is 54.3 Å². The van der Waals surface area contributed by atoms with E-state index in [1.807, 2.05) is 12.1 Å². The molecule has 1 heterocycles. The summed E-state index contributed by atoms with van der Waals surface area (Å²) in [5.74, 6) is 1.45. The summed E-state index contributed by atoms with van der Waals surface area (Å²) in [5, 5.41) is 17.1. The Kier molecular flexibility index (Phi) is 5.68. The first-order valence-corrected chi connectivity index (χ1v) is 9.27. The van der Waals surface area contributed by atoms with E-state index in [-0.39, 0.29) is 5.75 Å². The van der Waals surface area contributed by atoms with Crippen LogP contribution in [0.1, 0.15) is 38.7 Å². The molecule has 0 amide bonds. The molecule has 6 heteroatoms. The van der Waals surface area contributed by atoms with E-state index in [2.05, 4.69) is 34.4 Å². The van der Waals surface area contributed by atoms with Crippen molar-refractivity contribution in [3.63, 3.8) is 0 Å². The van der Waals surface area contributed by atoms with Crippen LogP contribution in [-0.2, 0) is 6.54 Å². The fourth-order valence-corrected chi connectivity index (χ4v) is 3.61. The van der Waals surface area contributed by atoms with Crippen LogP contribution in [0.25, 0.3) is 0 Å². The maximum atomic E-state index is 10.2. The zero-order valence-corrected chi connectivity index (χ0v) is 15.5. The van der Waals surface area contributed by atoms with E-state index in [0.29, 0.717) is 24.4 Å². The van der Waals surface area contributed by atoms with Crippen molar-refractivity contribution in [3.8, 4) is 11.5 Å². The molecule has 0 bridgehead atoms. The molecule has 6 nitrogen and oxygen atoms in total. The molecule has 2 fully saturated rings. The van der Waals surface area contributed by atoms with Crippen LogP contribution in [0.5, 0.6) is 11.5 Å². The number of para-hydroxylation sites is 1. The van der Waals surface area contributed by atoms with Crippen LogP contribution in [0.3, 0.4) is 0 Å². The number of guanidine groups is 1. The summed E-state index contributed by atoms with van der Waals surface area (Å²) in [5.41, 5.74) is 0.760. The van der Waals surface area contributed by atoms with Gasteiger partial charge in [0.05, 0.1) is 13.7 Å². The first-order chi connectivity index (χ1) is 12.1. The zero-order valence-electron chi connectivity index (χ0n) is 15.5.